The van der Waals surface area contributed by atoms with Crippen molar-refractivity contribution in [1.82, 2.24) is 5.32 Å². The quantitative estimate of drug-likeness (QED) is 0.693. The zero-order chi connectivity index (χ0) is 20.9. The molecule has 1 N–H and O–H groups in total. The Labute approximate surface area is 173 Å². The molecule has 0 bridgehead atoms. The third-order valence-electron chi connectivity index (χ3n) is 5.91. The summed E-state index contributed by atoms with van der Waals surface area (Å²) in [4.78, 5) is 12.8. The number of nitrogens with one attached hydrogen (secondary N) is 1. The molecule has 0 aliphatic carbocycles. The third-order valence-corrected chi connectivity index (χ3v) is 5.91. The summed E-state index contributed by atoms with van der Waals surface area (Å²) >= 11 is 0. The summed E-state index contributed by atoms with van der Waals surface area (Å²) in [6.45, 7) is 4.29. The van der Waals surface area contributed by atoms with E-state index < -0.39 is 0 Å². The number of amides is 1. The lowest BCUT2D eigenvalue weighted by Gasteiger charge is -2.41. The first-order valence-corrected chi connectivity index (χ1v) is 10.3. The largest absolute Gasteiger partial charge is 0.493 e. The highest BCUT2D eigenvalue weighted by atomic mass is 16.5. The first-order valence-electron chi connectivity index (χ1n) is 10.3. The molecule has 156 valence electrons. The molecule has 5 nitrogen and oxygen atoms in total. The van der Waals surface area contributed by atoms with Gasteiger partial charge >= 0.3 is 0 Å². The average Bonchev–Trinajstić information content (AvgIpc) is 2.77. The van der Waals surface area contributed by atoms with Crippen molar-refractivity contribution in [3.63, 3.8) is 0 Å². The molecular formula is C24H31NO4. The summed E-state index contributed by atoms with van der Waals surface area (Å²) in [5.41, 5.74) is 1.88. The molecule has 0 aromatic heterocycles. The molecule has 5 heteroatoms. The van der Waals surface area contributed by atoms with Crippen LogP contribution in [-0.4, -0.2) is 25.7 Å². The molecule has 0 saturated carbocycles. The van der Waals surface area contributed by atoms with Gasteiger partial charge in [-0.15, -0.1) is 0 Å². The second-order valence-corrected chi connectivity index (χ2v) is 7.54. The standard InChI is InChI=1S/C24H31NO4/c1-5-24(6-2)16-19(18-9-7-8-10-20(18)29-24)25-23(26)14-12-17-11-13-21(27-3)22(15-17)28-4/h7-11,13,15,19H,5-6,12,14,16H2,1-4H3,(H,25,26)/t19-/m0/s1. The van der Waals surface area contributed by atoms with Gasteiger partial charge < -0.3 is 19.5 Å². The molecule has 0 spiro atoms. The van der Waals surface area contributed by atoms with Gasteiger partial charge in [-0.3, -0.25) is 4.79 Å². The van der Waals surface area contributed by atoms with Crippen LogP contribution in [0, 0.1) is 0 Å². The van der Waals surface area contributed by atoms with E-state index >= 15 is 0 Å². The smallest absolute Gasteiger partial charge is 0.220 e. The van der Waals surface area contributed by atoms with Gasteiger partial charge in [0, 0.05) is 18.4 Å². The minimum absolute atomic E-state index is 0.0299. The van der Waals surface area contributed by atoms with E-state index in [1.807, 2.05) is 42.5 Å². The van der Waals surface area contributed by atoms with Gasteiger partial charge in [0.1, 0.15) is 11.4 Å². The maximum Gasteiger partial charge on any atom is 0.220 e. The van der Waals surface area contributed by atoms with Gasteiger partial charge in [-0.05, 0) is 43.0 Å². The SMILES string of the molecule is CCC1(CC)C[C@H](NC(=O)CCc2ccc(OC)c(OC)c2)c2ccccc2O1. The second-order valence-electron chi connectivity index (χ2n) is 7.54. The van der Waals surface area contributed by atoms with Gasteiger partial charge in [0.05, 0.1) is 20.3 Å². The van der Waals surface area contributed by atoms with Crippen LogP contribution >= 0.6 is 0 Å². The van der Waals surface area contributed by atoms with Crippen LogP contribution in [0.2, 0.25) is 0 Å². The van der Waals surface area contributed by atoms with Gasteiger partial charge in [0.2, 0.25) is 5.91 Å². The molecule has 1 amide bonds. The number of fused-ring (bicyclic) bond motifs is 1. The number of ether oxygens (including phenoxy) is 3. The fourth-order valence-electron chi connectivity index (χ4n) is 3.99. The van der Waals surface area contributed by atoms with E-state index in [4.69, 9.17) is 14.2 Å². The summed E-state index contributed by atoms with van der Waals surface area (Å²) in [6, 6.07) is 13.8. The van der Waals surface area contributed by atoms with E-state index in [1.54, 1.807) is 14.2 Å². The Hall–Kier alpha value is -2.69. The fraction of sp³-hybridized carbons (Fsp3) is 0.458. The Morgan fingerprint density at radius 3 is 2.52 bits per heavy atom. The minimum atomic E-state index is -0.227. The molecule has 1 aliphatic rings. The number of aryl methyl sites for hydroxylation is 1. The lowest BCUT2D eigenvalue weighted by molar-refractivity contribution is -0.122. The lowest BCUT2D eigenvalue weighted by atomic mass is 9.83. The van der Waals surface area contributed by atoms with Gasteiger partial charge in [-0.2, -0.15) is 0 Å². The summed E-state index contributed by atoms with van der Waals surface area (Å²) in [5.74, 6) is 2.30. The van der Waals surface area contributed by atoms with Crippen molar-refractivity contribution in [2.45, 2.75) is 57.6 Å². The molecule has 0 fully saturated rings. The van der Waals surface area contributed by atoms with Crippen LogP contribution in [0.1, 0.15) is 56.7 Å². The molecule has 0 saturated heterocycles. The van der Waals surface area contributed by atoms with Crippen LogP contribution in [0.25, 0.3) is 0 Å². The predicted molar refractivity (Wildman–Crippen MR) is 114 cm³/mol. The molecule has 1 heterocycles. The van der Waals surface area contributed by atoms with Crippen molar-refractivity contribution in [3.8, 4) is 17.2 Å². The maximum atomic E-state index is 12.8. The average molecular weight is 398 g/mol. The van der Waals surface area contributed by atoms with Gasteiger partial charge in [0.15, 0.2) is 11.5 Å². The van der Waals surface area contributed by atoms with Crippen molar-refractivity contribution in [1.29, 1.82) is 0 Å². The molecule has 29 heavy (non-hydrogen) atoms. The molecule has 1 aliphatic heterocycles. The van der Waals surface area contributed by atoms with Gasteiger partial charge in [-0.1, -0.05) is 38.1 Å². The number of hydrogen-bond acceptors (Lipinski definition) is 4. The summed E-state index contributed by atoms with van der Waals surface area (Å²) < 4.78 is 17.0. The van der Waals surface area contributed by atoms with Crippen LogP contribution in [0.4, 0.5) is 0 Å². The number of methoxy groups -OCH3 is 2. The Morgan fingerprint density at radius 2 is 1.83 bits per heavy atom. The van der Waals surface area contributed by atoms with Crippen molar-refractivity contribution < 1.29 is 19.0 Å². The number of benzene rings is 2. The lowest BCUT2D eigenvalue weighted by Crippen LogP contribution is -2.44. The Bertz CT molecular complexity index is 845. The van der Waals surface area contributed by atoms with Crippen molar-refractivity contribution in [2.75, 3.05) is 14.2 Å². The van der Waals surface area contributed by atoms with Crippen LogP contribution in [0.5, 0.6) is 17.2 Å². The van der Waals surface area contributed by atoms with E-state index in [0.29, 0.717) is 24.3 Å². The monoisotopic (exact) mass is 397 g/mol. The topological polar surface area (TPSA) is 56.8 Å². The number of rotatable bonds is 8. The number of carbonyl (C=O) groups is 1. The predicted octanol–water partition coefficient (Wildman–Crippen LogP) is 4.84. The summed E-state index contributed by atoms with van der Waals surface area (Å²) in [6.07, 6.45) is 3.68. The third kappa shape index (κ3) is 4.66. The van der Waals surface area contributed by atoms with E-state index in [1.165, 1.54) is 0 Å². The zero-order valence-electron chi connectivity index (χ0n) is 17.8. The molecule has 0 unspecified atom stereocenters. The van der Waals surface area contributed by atoms with E-state index in [9.17, 15) is 4.79 Å². The van der Waals surface area contributed by atoms with Crippen molar-refractivity contribution in [3.05, 3.63) is 53.6 Å². The van der Waals surface area contributed by atoms with Gasteiger partial charge in [-0.25, -0.2) is 0 Å². The second kappa shape index (κ2) is 9.21. The Morgan fingerprint density at radius 1 is 1.10 bits per heavy atom. The molecule has 1 atom stereocenters. The van der Waals surface area contributed by atoms with Crippen molar-refractivity contribution in [2.24, 2.45) is 0 Å². The Kier molecular flexibility index (Phi) is 6.68. The first-order chi connectivity index (χ1) is 14.0. The van der Waals surface area contributed by atoms with Crippen LogP contribution in [-0.2, 0) is 11.2 Å². The molecule has 2 aromatic carbocycles. The summed E-state index contributed by atoms with van der Waals surface area (Å²) in [7, 11) is 3.23. The maximum absolute atomic E-state index is 12.8. The van der Waals surface area contributed by atoms with Gasteiger partial charge in [0.25, 0.3) is 0 Å². The highest BCUT2D eigenvalue weighted by Gasteiger charge is 2.38. The zero-order valence-corrected chi connectivity index (χ0v) is 17.8. The fourth-order valence-corrected chi connectivity index (χ4v) is 3.99. The minimum Gasteiger partial charge on any atom is -0.493 e. The number of hydrogen-bond donors (Lipinski definition) is 1. The number of carbonyl (C=O) groups excluding carboxylic acids is 1. The highest BCUT2D eigenvalue weighted by molar-refractivity contribution is 5.77. The van der Waals surface area contributed by atoms with Crippen LogP contribution in [0.3, 0.4) is 0 Å². The van der Waals surface area contributed by atoms with E-state index in [0.717, 1.165) is 36.1 Å². The summed E-state index contributed by atoms with van der Waals surface area (Å²) in [5, 5.41) is 3.24. The molecule has 0 radical (unpaired) electrons. The van der Waals surface area contributed by atoms with Crippen molar-refractivity contribution >= 4 is 5.91 Å². The molecule has 2 aromatic rings. The van der Waals surface area contributed by atoms with E-state index in [2.05, 4.69) is 19.2 Å². The molecule has 3 rings (SSSR count). The van der Waals surface area contributed by atoms with Crippen LogP contribution < -0.4 is 19.5 Å². The van der Waals surface area contributed by atoms with Crippen LogP contribution in [0.15, 0.2) is 42.5 Å². The Balaban J connectivity index is 1.68. The van der Waals surface area contributed by atoms with E-state index in [-0.39, 0.29) is 17.6 Å². The number of para-hydroxylation sites is 1. The molecular weight excluding hydrogens is 366 g/mol. The first kappa shape index (κ1) is 21.0. The highest BCUT2D eigenvalue weighted by Crippen LogP contribution is 2.42. The normalized spacial score (nSPS) is 17.0.